The molecule has 0 unspecified atom stereocenters. The molecule has 20 heavy (non-hydrogen) atoms. The Kier molecular flexibility index (Phi) is 4.27. The van der Waals surface area contributed by atoms with Crippen LogP contribution >= 0.6 is 0 Å². The fourth-order valence-electron chi connectivity index (χ4n) is 2.83. The normalized spacial score (nSPS) is 31.4. The molecule has 2 atom stereocenters. The zero-order chi connectivity index (χ0) is 15.0. The number of carbonyl (C=O) groups is 1. The highest BCUT2D eigenvalue weighted by Gasteiger charge is 2.45. The van der Waals surface area contributed by atoms with Crippen LogP contribution in [-0.4, -0.2) is 75.3 Å². The van der Waals surface area contributed by atoms with Crippen molar-refractivity contribution in [2.45, 2.75) is 30.9 Å². The molecule has 2 saturated heterocycles. The second-order valence-electron chi connectivity index (χ2n) is 5.91. The summed E-state index contributed by atoms with van der Waals surface area (Å²) in [5.74, 6) is 0. The van der Waals surface area contributed by atoms with Crippen LogP contribution < -0.4 is 5.32 Å². The van der Waals surface area contributed by atoms with Crippen LogP contribution in [0.1, 0.15) is 19.3 Å². The third kappa shape index (κ3) is 3.42. The van der Waals surface area contributed by atoms with Gasteiger partial charge < -0.3 is 15.0 Å². The molecule has 0 radical (unpaired) electrons. The van der Waals surface area contributed by atoms with Gasteiger partial charge in [0.15, 0.2) is 0 Å². The van der Waals surface area contributed by atoms with Gasteiger partial charge in [0.1, 0.15) is 0 Å². The van der Waals surface area contributed by atoms with Gasteiger partial charge in [0, 0.05) is 39.8 Å². The SMILES string of the molecule is CN(C)C(=O)N[C@H]1CCO[C@]2(CCN(S(C)(=O)=O)C2)C1. The minimum Gasteiger partial charge on any atom is -0.373 e. The van der Waals surface area contributed by atoms with Crippen molar-refractivity contribution in [3.05, 3.63) is 0 Å². The molecule has 0 bridgehead atoms. The van der Waals surface area contributed by atoms with Gasteiger partial charge in [0.2, 0.25) is 10.0 Å². The fourth-order valence-corrected chi connectivity index (χ4v) is 3.72. The molecule has 7 nitrogen and oxygen atoms in total. The lowest BCUT2D eigenvalue weighted by Crippen LogP contribution is -2.51. The monoisotopic (exact) mass is 305 g/mol. The summed E-state index contributed by atoms with van der Waals surface area (Å²) in [5.41, 5.74) is -0.439. The number of carbonyl (C=O) groups excluding carboxylic acids is 1. The molecule has 1 spiro atoms. The summed E-state index contributed by atoms with van der Waals surface area (Å²) in [6.07, 6.45) is 3.34. The minimum absolute atomic E-state index is 0.0400. The van der Waals surface area contributed by atoms with Crippen molar-refractivity contribution in [1.82, 2.24) is 14.5 Å². The van der Waals surface area contributed by atoms with E-state index in [1.807, 2.05) is 0 Å². The van der Waals surface area contributed by atoms with Crippen LogP contribution in [0.15, 0.2) is 0 Å². The second-order valence-corrected chi connectivity index (χ2v) is 7.89. The highest BCUT2D eigenvalue weighted by Crippen LogP contribution is 2.35. The number of hydrogen-bond acceptors (Lipinski definition) is 4. The van der Waals surface area contributed by atoms with Gasteiger partial charge in [-0.2, -0.15) is 4.31 Å². The van der Waals surface area contributed by atoms with Gasteiger partial charge >= 0.3 is 6.03 Å². The highest BCUT2D eigenvalue weighted by molar-refractivity contribution is 7.88. The first-order valence-electron chi connectivity index (χ1n) is 6.79. The van der Waals surface area contributed by atoms with Crippen molar-refractivity contribution in [3.8, 4) is 0 Å². The third-order valence-electron chi connectivity index (χ3n) is 3.98. The fraction of sp³-hybridized carbons (Fsp3) is 0.917. The van der Waals surface area contributed by atoms with Crippen LogP contribution in [0.2, 0.25) is 0 Å². The maximum atomic E-state index is 11.7. The van der Waals surface area contributed by atoms with Gasteiger partial charge in [0.05, 0.1) is 11.9 Å². The van der Waals surface area contributed by atoms with Crippen LogP contribution in [0.5, 0.6) is 0 Å². The largest absolute Gasteiger partial charge is 0.373 e. The number of nitrogens with zero attached hydrogens (tertiary/aromatic N) is 2. The third-order valence-corrected chi connectivity index (χ3v) is 5.23. The average Bonchev–Trinajstić information content (AvgIpc) is 2.72. The predicted octanol–water partition coefficient (Wildman–Crippen LogP) is -0.159. The molecule has 2 amide bonds. The molecule has 2 heterocycles. The maximum Gasteiger partial charge on any atom is 0.317 e. The van der Waals surface area contributed by atoms with Crippen molar-refractivity contribution >= 4 is 16.1 Å². The first-order chi connectivity index (χ1) is 9.22. The molecule has 0 aromatic rings. The Balaban J connectivity index is 1.99. The van der Waals surface area contributed by atoms with E-state index in [4.69, 9.17) is 4.74 Å². The molecule has 0 saturated carbocycles. The van der Waals surface area contributed by atoms with E-state index in [0.717, 1.165) is 6.42 Å². The smallest absolute Gasteiger partial charge is 0.317 e. The van der Waals surface area contributed by atoms with Gasteiger partial charge in [0.25, 0.3) is 0 Å². The molecule has 2 aliphatic rings. The van der Waals surface area contributed by atoms with E-state index >= 15 is 0 Å². The predicted molar refractivity (Wildman–Crippen MR) is 75.0 cm³/mol. The van der Waals surface area contributed by atoms with E-state index in [0.29, 0.717) is 32.5 Å². The lowest BCUT2D eigenvalue weighted by molar-refractivity contribution is -0.0760. The molecule has 116 valence electrons. The standard InChI is InChI=1S/C12H23N3O4S/c1-14(2)11(16)13-10-4-7-19-12(8-10)5-6-15(9-12)20(3,17)18/h10H,4-9H2,1-3H3,(H,13,16)/t10-,12+/m0/s1. The molecule has 2 rings (SSSR count). The summed E-state index contributed by atoms with van der Waals surface area (Å²) in [5, 5.41) is 2.96. The average molecular weight is 305 g/mol. The molecule has 0 aromatic carbocycles. The van der Waals surface area contributed by atoms with Gasteiger partial charge in [-0.1, -0.05) is 0 Å². The lowest BCUT2D eigenvalue weighted by atomic mass is 9.89. The van der Waals surface area contributed by atoms with E-state index in [-0.39, 0.29) is 12.1 Å². The van der Waals surface area contributed by atoms with Gasteiger partial charge in [-0.05, 0) is 19.3 Å². The van der Waals surface area contributed by atoms with Crippen molar-refractivity contribution in [3.63, 3.8) is 0 Å². The Morgan fingerprint density at radius 3 is 2.70 bits per heavy atom. The van der Waals surface area contributed by atoms with E-state index in [1.54, 1.807) is 14.1 Å². The zero-order valence-corrected chi connectivity index (χ0v) is 13.1. The number of sulfonamides is 1. The van der Waals surface area contributed by atoms with Crippen LogP contribution in [-0.2, 0) is 14.8 Å². The van der Waals surface area contributed by atoms with Crippen molar-refractivity contribution in [2.24, 2.45) is 0 Å². The summed E-state index contributed by atoms with van der Waals surface area (Å²) >= 11 is 0. The number of rotatable bonds is 2. The van der Waals surface area contributed by atoms with E-state index in [1.165, 1.54) is 15.5 Å². The number of hydrogen-bond donors (Lipinski definition) is 1. The first kappa shape index (κ1) is 15.5. The molecule has 1 N–H and O–H groups in total. The lowest BCUT2D eigenvalue weighted by Gasteiger charge is -2.38. The van der Waals surface area contributed by atoms with Crippen molar-refractivity contribution < 1.29 is 17.9 Å². The maximum absolute atomic E-state index is 11.7. The summed E-state index contributed by atoms with van der Waals surface area (Å²) < 4.78 is 30.5. The topological polar surface area (TPSA) is 79.0 Å². The molecule has 2 fully saturated rings. The van der Waals surface area contributed by atoms with Crippen LogP contribution in [0.25, 0.3) is 0 Å². The molecule has 2 aliphatic heterocycles. The quantitative estimate of drug-likeness (QED) is 0.769. The van der Waals surface area contributed by atoms with Gasteiger partial charge in [-0.25, -0.2) is 13.2 Å². The Hall–Kier alpha value is -0.860. The molecular weight excluding hydrogens is 282 g/mol. The molecule has 0 aromatic heterocycles. The Labute approximate surface area is 120 Å². The zero-order valence-electron chi connectivity index (χ0n) is 12.3. The van der Waals surface area contributed by atoms with E-state index < -0.39 is 15.6 Å². The Morgan fingerprint density at radius 2 is 2.15 bits per heavy atom. The number of nitrogens with one attached hydrogen (secondary N) is 1. The van der Waals surface area contributed by atoms with Crippen molar-refractivity contribution in [2.75, 3.05) is 40.0 Å². The first-order valence-corrected chi connectivity index (χ1v) is 8.64. The number of ether oxygens (including phenoxy) is 1. The molecular formula is C12H23N3O4S. The number of urea groups is 1. The van der Waals surface area contributed by atoms with Gasteiger partial charge in [-0.15, -0.1) is 0 Å². The summed E-state index contributed by atoms with van der Waals surface area (Å²) in [6.45, 7) is 1.43. The number of amides is 2. The van der Waals surface area contributed by atoms with Crippen LogP contribution in [0.4, 0.5) is 4.79 Å². The summed E-state index contributed by atoms with van der Waals surface area (Å²) in [7, 11) is 0.225. The minimum atomic E-state index is -3.17. The van der Waals surface area contributed by atoms with Crippen LogP contribution in [0.3, 0.4) is 0 Å². The van der Waals surface area contributed by atoms with E-state index in [2.05, 4.69) is 5.32 Å². The molecule has 0 aliphatic carbocycles. The Bertz CT molecular complexity index is 479. The van der Waals surface area contributed by atoms with Gasteiger partial charge in [-0.3, -0.25) is 0 Å². The molecule has 8 heteroatoms. The van der Waals surface area contributed by atoms with Crippen LogP contribution in [0, 0.1) is 0 Å². The highest BCUT2D eigenvalue weighted by atomic mass is 32.2. The van der Waals surface area contributed by atoms with E-state index in [9.17, 15) is 13.2 Å². The van der Waals surface area contributed by atoms with Crippen molar-refractivity contribution in [1.29, 1.82) is 0 Å². The summed E-state index contributed by atoms with van der Waals surface area (Å²) in [4.78, 5) is 13.2. The summed E-state index contributed by atoms with van der Waals surface area (Å²) in [6, 6.07) is -0.0804. The second kappa shape index (κ2) is 5.50. The Morgan fingerprint density at radius 1 is 1.45 bits per heavy atom.